The topological polar surface area (TPSA) is 105 Å². The Morgan fingerprint density at radius 3 is 0.907 bits per heavy atom. The van der Waals surface area contributed by atoms with E-state index in [9.17, 15) is 14.4 Å². The van der Waals surface area contributed by atoms with Gasteiger partial charge in [0.25, 0.3) is 0 Å². The average Bonchev–Trinajstić information content (AvgIpc) is 3.97. The molecule has 0 spiro atoms. The van der Waals surface area contributed by atoms with E-state index in [4.69, 9.17) is 18.9 Å². The van der Waals surface area contributed by atoms with Gasteiger partial charge >= 0.3 is 23.9 Å². The summed E-state index contributed by atoms with van der Waals surface area (Å²) in [6.45, 7) is 19.7. The van der Waals surface area contributed by atoms with Crippen molar-refractivity contribution in [2.24, 2.45) is 21.7 Å². The molecule has 0 N–H and O–H groups in total. The molecule has 0 aromatic heterocycles. The van der Waals surface area contributed by atoms with Crippen LogP contribution in [0, 0.1) is 21.7 Å². The summed E-state index contributed by atoms with van der Waals surface area (Å²) in [6, 6.07) is 0. The van der Waals surface area contributed by atoms with Crippen molar-refractivity contribution in [2.45, 2.75) is 246 Å². The standard InChI is InChI=1S/C46H78O8/c1-11-40(8,36(48)52-44(13-3)26-18-19-27-44)33-42(10,38(50)54-46(15-5)30-22-23-31-46)34-41(9,37(49)53-45(14-4)28-20-21-29-45)32-39(6,7)35(47)51-43(12-2)24-16-17-25-43/h11-34H2,1-10H3. The van der Waals surface area contributed by atoms with Crippen LogP contribution in [0.25, 0.3) is 0 Å². The molecule has 0 aromatic rings. The molecule has 3 atom stereocenters. The summed E-state index contributed by atoms with van der Waals surface area (Å²) in [6.07, 6.45) is 18.4. The third-order valence-corrected chi connectivity index (χ3v) is 15.1. The molecule has 0 amide bonds. The Kier molecular flexibility index (Phi) is 14.2. The highest BCUT2D eigenvalue weighted by atomic mass is 16.6. The quantitative estimate of drug-likeness (QED) is 0.0947. The first-order chi connectivity index (χ1) is 25.3. The van der Waals surface area contributed by atoms with Crippen molar-refractivity contribution in [3.05, 3.63) is 0 Å². The number of esters is 4. The SMILES string of the molecule is CCC1(OC(=O)C(C)(C)CC(C)(CC(C)(CC(C)(CC)C(=O)OC2(CC)CCCC2)C(=O)OC2(CC)CCCC2)C(=O)OC2(CC)CCCC2)CCCC1. The Morgan fingerprint density at radius 2 is 0.630 bits per heavy atom. The lowest BCUT2D eigenvalue weighted by atomic mass is 9.61. The van der Waals surface area contributed by atoms with E-state index in [1.807, 2.05) is 41.5 Å². The smallest absolute Gasteiger partial charge is 0.312 e. The second kappa shape index (κ2) is 17.2. The van der Waals surface area contributed by atoms with Gasteiger partial charge in [0.05, 0.1) is 21.7 Å². The minimum atomic E-state index is -1.28. The fraction of sp³-hybridized carbons (Fsp3) is 0.913. The predicted molar refractivity (Wildman–Crippen MR) is 213 cm³/mol. The zero-order valence-corrected chi connectivity index (χ0v) is 36.2. The van der Waals surface area contributed by atoms with Gasteiger partial charge < -0.3 is 18.9 Å². The number of hydrogen-bond acceptors (Lipinski definition) is 8. The second-order valence-corrected chi connectivity index (χ2v) is 20.0. The number of rotatable bonds is 19. The van der Waals surface area contributed by atoms with Crippen molar-refractivity contribution in [1.82, 2.24) is 0 Å². The van der Waals surface area contributed by atoms with Crippen LogP contribution in [0.15, 0.2) is 0 Å². The fourth-order valence-corrected chi connectivity index (χ4v) is 11.0. The number of carbonyl (C=O) groups excluding carboxylic acids is 4. The van der Waals surface area contributed by atoms with Gasteiger partial charge in [0.1, 0.15) is 22.4 Å². The first-order valence-electron chi connectivity index (χ1n) is 22.2. The van der Waals surface area contributed by atoms with Crippen LogP contribution in [-0.2, 0) is 38.1 Å². The predicted octanol–water partition coefficient (Wildman–Crippen LogP) is 11.7. The van der Waals surface area contributed by atoms with Crippen LogP contribution in [0.1, 0.15) is 223 Å². The maximum absolute atomic E-state index is 15.0. The van der Waals surface area contributed by atoms with E-state index in [0.29, 0.717) is 19.3 Å². The van der Waals surface area contributed by atoms with Gasteiger partial charge in [-0.25, -0.2) is 0 Å². The van der Waals surface area contributed by atoms with Crippen LogP contribution < -0.4 is 0 Å². The highest BCUT2D eigenvalue weighted by Crippen LogP contribution is 2.53. The van der Waals surface area contributed by atoms with Crippen LogP contribution in [0.3, 0.4) is 0 Å². The molecule has 310 valence electrons. The molecule has 0 aliphatic heterocycles. The van der Waals surface area contributed by atoms with Crippen LogP contribution >= 0.6 is 0 Å². The summed E-state index contributed by atoms with van der Waals surface area (Å²) in [7, 11) is 0. The van der Waals surface area contributed by atoms with E-state index in [0.717, 1.165) is 116 Å². The molecule has 4 aliphatic rings. The van der Waals surface area contributed by atoms with Crippen LogP contribution in [-0.4, -0.2) is 46.3 Å². The molecule has 8 nitrogen and oxygen atoms in total. The molecule has 4 aliphatic carbocycles. The lowest BCUT2D eigenvalue weighted by molar-refractivity contribution is -0.188. The Morgan fingerprint density at radius 1 is 0.389 bits per heavy atom. The van der Waals surface area contributed by atoms with E-state index in [2.05, 4.69) is 27.7 Å². The Bertz CT molecular complexity index is 1310. The molecule has 0 radical (unpaired) electrons. The van der Waals surface area contributed by atoms with Crippen molar-refractivity contribution in [3.63, 3.8) is 0 Å². The minimum Gasteiger partial charge on any atom is -0.459 e. The van der Waals surface area contributed by atoms with Gasteiger partial charge in [0.2, 0.25) is 0 Å². The lowest BCUT2D eigenvalue weighted by Crippen LogP contribution is -2.50. The number of hydrogen-bond donors (Lipinski definition) is 0. The molecule has 0 bridgehead atoms. The Hall–Kier alpha value is -2.12. The monoisotopic (exact) mass is 759 g/mol. The van der Waals surface area contributed by atoms with Crippen molar-refractivity contribution >= 4 is 23.9 Å². The number of carbonyl (C=O) groups is 4. The molecule has 4 saturated carbocycles. The normalized spacial score (nSPS) is 24.9. The summed E-state index contributed by atoms with van der Waals surface area (Å²) in [5.41, 5.74) is -6.71. The average molecular weight is 759 g/mol. The first kappa shape index (κ1) is 44.6. The fourth-order valence-electron chi connectivity index (χ4n) is 11.0. The molecule has 3 unspecified atom stereocenters. The zero-order valence-electron chi connectivity index (χ0n) is 36.2. The van der Waals surface area contributed by atoms with E-state index < -0.39 is 44.1 Å². The third kappa shape index (κ3) is 9.69. The van der Waals surface area contributed by atoms with E-state index in [1.54, 1.807) is 0 Å². The van der Waals surface area contributed by atoms with Gasteiger partial charge in [0.15, 0.2) is 0 Å². The van der Waals surface area contributed by atoms with Crippen LogP contribution in [0.2, 0.25) is 0 Å². The minimum absolute atomic E-state index is 0.0642. The van der Waals surface area contributed by atoms with Crippen LogP contribution in [0.5, 0.6) is 0 Å². The molecule has 4 rings (SSSR count). The molecule has 0 heterocycles. The van der Waals surface area contributed by atoms with Gasteiger partial charge in [-0.2, -0.15) is 0 Å². The lowest BCUT2D eigenvalue weighted by Gasteiger charge is -2.45. The zero-order chi connectivity index (χ0) is 40.1. The van der Waals surface area contributed by atoms with Crippen molar-refractivity contribution in [1.29, 1.82) is 0 Å². The third-order valence-electron chi connectivity index (χ3n) is 15.1. The molecular formula is C46H78O8. The molecule has 0 saturated heterocycles. The van der Waals surface area contributed by atoms with Gasteiger partial charge in [-0.05, 0) is 189 Å². The Balaban J connectivity index is 1.77. The molecule has 54 heavy (non-hydrogen) atoms. The second-order valence-electron chi connectivity index (χ2n) is 20.0. The van der Waals surface area contributed by atoms with Gasteiger partial charge in [-0.1, -0.05) is 34.6 Å². The molecule has 8 heteroatoms. The van der Waals surface area contributed by atoms with Gasteiger partial charge in [0, 0.05) is 0 Å². The summed E-state index contributed by atoms with van der Waals surface area (Å²) < 4.78 is 26.0. The number of ether oxygens (including phenoxy) is 4. The molecule has 0 aromatic carbocycles. The van der Waals surface area contributed by atoms with Crippen molar-refractivity contribution in [3.8, 4) is 0 Å². The van der Waals surface area contributed by atoms with Crippen molar-refractivity contribution in [2.75, 3.05) is 0 Å². The molecular weight excluding hydrogens is 680 g/mol. The Labute approximate surface area is 328 Å². The van der Waals surface area contributed by atoms with Gasteiger partial charge in [-0.15, -0.1) is 0 Å². The van der Waals surface area contributed by atoms with Crippen LogP contribution in [0.4, 0.5) is 0 Å². The van der Waals surface area contributed by atoms with Gasteiger partial charge in [-0.3, -0.25) is 19.2 Å². The van der Waals surface area contributed by atoms with E-state index in [1.165, 1.54) is 0 Å². The molecule has 4 fully saturated rings. The highest BCUT2D eigenvalue weighted by molar-refractivity contribution is 5.84. The summed E-state index contributed by atoms with van der Waals surface area (Å²) >= 11 is 0. The van der Waals surface area contributed by atoms with E-state index >= 15 is 4.79 Å². The highest BCUT2D eigenvalue weighted by Gasteiger charge is 2.57. The summed E-state index contributed by atoms with van der Waals surface area (Å²) in [5, 5.41) is 0. The maximum atomic E-state index is 15.0. The maximum Gasteiger partial charge on any atom is 0.312 e. The summed E-state index contributed by atoms with van der Waals surface area (Å²) in [5.74, 6) is -1.38. The summed E-state index contributed by atoms with van der Waals surface area (Å²) in [4.78, 5) is 58.6. The largest absolute Gasteiger partial charge is 0.459 e. The first-order valence-corrected chi connectivity index (χ1v) is 22.2. The van der Waals surface area contributed by atoms with E-state index in [-0.39, 0.29) is 43.1 Å². The van der Waals surface area contributed by atoms with Crippen molar-refractivity contribution < 1.29 is 38.1 Å².